The molecule has 242 valence electrons. The number of ether oxygens (including phenoxy) is 1. The summed E-state index contributed by atoms with van der Waals surface area (Å²) < 4.78 is 5.05. The van der Waals surface area contributed by atoms with Crippen LogP contribution in [0.15, 0.2) is 67.5 Å². The molecule has 0 saturated heterocycles. The largest absolute Gasteiger partial charge is 0.467 e. The number of methoxy groups -OCH3 is 1. The van der Waals surface area contributed by atoms with Gasteiger partial charge in [-0.05, 0) is 37.2 Å². The Labute approximate surface area is 277 Å². The van der Waals surface area contributed by atoms with Crippen molar-refractivity contribution in [1.29, 1.82) is 0 Å². The number of benzene rings is 1. The molecule has 4 aromatic heterocycles. The van der Waals surface area contributed by atoms with Crippen molar-refractivity contribution in [2.24, 2.45) is 0 Å². The van der Waals surface area contributed by atoms with Crippen molar-refractivity contribution in [2.45, 2.75) is 64.1 Å². The molecular formula is C33H36ClN11O2. The van der Waals surface area contributed by atoms with Gasteiger partial charge < -0.3 is 15.4 Å². The van der Waals surface area contributed by atoms with Crippen LogP contribution in [0, 0.1) is 0 Å². The van der Waals surface area contributed by atoms with Gasteiger partial charge in [0.25, 0.3) is 0 Å². The third-order valence-corrected chi connectivity index (χ3v) is 8.45. The first kappa shape index (κ1) is 31.8. The number of hydrogen-bond acceptors (Lipinski definition) is 10. The Morgan fingerprint density at radius 1 is 0.979 bits per heavy atom. The zero-order chi connectivity index (χ0) is 32.8. The summed E-state index contributed by atoms with van der Waals surface area (Å²) >= 11 is 6.39. The molecule has 0 unspecified atom stereocenters. The minimum Gasteiger partial charge on any atom is -0.467 e. The van der Waals surface area contributed by atoms with Gasteiger partial charge in [-0.3, -0.25) is 15.0 Å². The summed E-state index contributed by atoms with van der Waals surface area (Å²) in [6, 6.07) is 9.89. The SMILES string of the molecule is COc1ncc(-c2cnc(N(C(=O)NCc3ccccc3)C3CCC(Nc4ncc(C(C)C)c(-c5[nH]ncc5Cl)n4)CC3)cn2)cn1. The van der Waals surface area contributed by atoms with Gasteiger partial charge >= 0.3 is 12.0 Å². The third-order valence-electron chi connectivity index (χ3n) is 8.16. The number of anilines is 2. The summed E-state index contributed by atoms with van der Waals surface area (Å²) in [7, 11) is 1.51. The average molecular weight is 654 g/mol. The molecule has 13 nitrogen and oxygen atoms in total. The highest BCUT2D eigenvalue weighted by atomic mass is 35.5. The van der Waals surface area contributed by atoms with E-state index in [1.807, 2.05) is 36.5 Å². The monoisotopic (exact) mass is 653 g/mol. The van der Waals surface area contributed by atoms with Crippen LogP contribution >= 0.6 is 11.6 Å². The Bertz CT molecular complexity index is 1780. The van der Waals surface area contributed by atoms with E-state index in [2.05, 4.69) is 59.6 Å². The van der Waals surface area contributed by atoms with E-state index in [-0.39, 0.29) is 30.0 Å². The summed E-state index contributed by atoms with van der Waals surface area (Å²) in [6.45, 7) is 4.58. The molecule has 2 amide bonds. The standard InChI is InChI=1S/C33H36ClN11O2/c1-20(2)25-16-37-31(43-29(25)30-26(34)17-41-44-30)42-23-9-11-24(12-10-23)45(33(46)40-13-21-7-5-4-6-8-21)28-19-35-27(18-36-28)22-14-38-32(47-3)39-15-22/h4-8,14-20,23-24H,9-13H2,1-3H3,(H,40,46)(H,41,44)(H,37,42,43). The van der Waals surface area contributed by atoms with Crippen molar-refractivity contribution in [1.82, 2.24) is 45.4 Å². The van der Waals surface area contributed by atoms with E-state index < -0.39 is 0 Å². The predicted octanol–water partition coefficient (Wildman–Crippen LogP) is 6.04. The van der Waals surface area contributed by atoms with Gasteiger partial charge in [0.05, 0.1) is 42.1 Å². The summed E-state index contributed by atoms with van der Waals surface area (Å²) in [6.07, 6.45) is 13.0. The van der Waals surface area contributed by atoms with Crippen LogP contribution in [0.5, 0.6) is 6.01 Å². The van der Waals surface area contributed by atoms with Crippen molar-refractivity contribution in [3.05, 3.63) is 83.7 Å². The maximum atomic E-state index is 13.7. The normalized spacial score (nSPS) is 16.1. The highest BCUT2D eigenvalue weighted by Gasteiger charge is 2.31. The minimum atomic E-state index is -0.228. The summed E-state index contributed by atoms with van der Waals surface area (Å²) in [5, 5.41) is 14.1. The number of nitrogens with zero attached hydrogens (tertiary/aromatic N) is 8. The van der Waals surface area contributed by atoms with Crippen molar-refractivity contribution >= 4 is 29.4 Å². The molecule has 3 N–H and O–H groups in total. The number of H-pyrrole nitrogens is 1. The summed E-state index contributed by atoms with van der Waals surface area (Å²) in [5.74, 6) is 1.20. The first-order valence-electron chi connectivity index (χ1n) is 15.5. The topological polar surface area (TPSA) is 160 Å². The van der Waals surface area contributed by atoms with Crippen LogP contribution in [0.25, 0.3) is 22.6 Å². The van der Waals surface area contributed by atoms with Gasteiger partial charge in [0, 0.05) is 48.3 Å². The molecule has 1 aromatic carbocycles. The van der Waals surface area contributed by atoms with E-state index in [4.69, 9.17) is 21.3 Å². The molecule has 1 aliphatic rings. The van der Waals surface area contributed by atoms with Gasteiger partial charge in [0.1, 0.15) is 5.69 Å². The fourth-order valence-electron chi connectivity index (χ4n) is 5.65. The second kappa shape index (κ2) is 14.5. The molecule has 6 rings (SSSR count). The zero-order valence-corrected chi connectivity index (χ0v) is 27.1. The number of aromatic nitrogens is 8. The molecule has 14 heteroatoms. The average Bonchev–Trinajstić information content (AvgIpc) is 3.54. The fraction of sp³-hybridized carbons (Fsp3) is 0.333. The number of carbonyl (C=O) groups excluding carboxylic acids is 1. The molecular weight excluding hydrogens is 618 g/mol. The van der Waals surface area contributed by atoms with E-state index in [1.165, 1.54) is 7.11 Å². The lowest BCUT2D eigenvalue weighted by Gasteiger charge is -2.36. The lowest BCUT2D eigenvalue weighted by molar-refractivity contribution is 0.240. The van der Waals surface area contributed by atoms with Crippen LogP contribution in [0.3, 0.4) is 0 Å². The number of urea groups is 1. The molecule has 1 saturated carbocycles. The molecule has 0 radical (unpaired) electrons. The Morgan fingerprint density at radius 2 is 1.74 bits per heavy atom. The van der Waals surface area contributed by atoms with Crippen molar-refractivity contribution in [2.75, 3.05) is 17.3 Å². The number of halogens is 1. The molecule has 0 atom stereocenters. The quantitative estimate of drug-likeness (QED) is 0.162. The van der Waals surface area contributed by atoms with Crippen LogP contribution in [0.1, 0.15) is 56.6 Å². The van der Waals surface area contributed by atoms with Crippen LogP contribution in [0.2, 0.25) is 5.02 Å². The zero-order valence-electron chi connectivity index (χ0n) is 26.4. The number of amides is 2. The summed E-state index contributed by atoms with van der Waals surface area (Å²) in [4.78, 5) is 42.5. The maximum absolute atomic E-state index is 13.7. The molecule has 47 heavy (non-hydrogen) atoms. The fourth-order valence-corrected chi connectivity index (χ4v) is 5.83. The molecule has 0 bridgehead atoms. The van der Waals surface area contributed by atoms with Crippen LogP contribution in [-0.2, 0) is 6.54 Å². The van der Waals surface area contributed by atoms with Gasteiger partial charge in [0.15, 0.2) is 5.82 Å². The predicted molar refractivity (Wildman–Crippen MR) is 179 cm³/mol. The smallest absolute Gasteiger partial charge is 0.323 e. The maximum Gasteiger partial charge on any atom is 0.323 e. The molecule has 4 heterocycles. The Kier molecular flexibility index (Phi) is 9.81. The molecule has 0 spiro atoms. The number of nitrogens with one attached hydrogen (secondary N) is 3. The Hall–Kier alpha value is -5.17. The highest BCUT2D eigenvalue weighted by Crippen LogP contribution is 2.32. The Balaban J connectivity index is 1.17. The summed E-state index contributed by atoms with van der Waals surface area (Å²) in [5.41, 5.74) is 4.68. The van der Waals surface area contributed by atoms with Crippen LogP contribution in [0.4, 0.5) is 16.6 Å². The minimum absolute atomic E-state index is 0.0862. The number of rotatable bonds is 10. The third kappa shape index (κ3) is 7.46. The van der Waals surface area contributed by atoms with E-state index in [0.29, 0.717) is 40.3 Å². The van der Waals surface area contributed by atoms with E-state index in [1.54, 1.807) is 35.9 Å². The van der Waals surface area contributed by atoms with Crippen LogP contribution < -0.4 is 20.3 Å². The van der Waals surface area contributed by atoms with Gasteiger partial charge in [0.2, 0.25) is 5.95 Å². The van der Waals surface area contributed by atoms with Crippen molar-refractivity contribution < 1.29 is 9.53 Å². The van der Waals surface area contributed by atoms with Gasteiger partial charge in [-0.15, -0.1) is 0 Å². The lowest BCUT2D eigenvalue weighted by Crippen LogP contribution is -2.49. The first-order valence-corrected chi connectivity index (χ1v) is 15.9. The second-order valence-electron chi connectivity index (χ2n) is 11.6. The Morgan fingerprint density at radius 3 is 2.38 bits per heavy atom. The number of carbonyl (C=O) groups is 1. The van der Waals surface area contributed by atoms with Gasteiger partial charge in [-0.2, -0.15) is 5.10 Å². The van der Waals surface area contributed by atoms with Crippen molar-refractivity contribution in [3.8, 4) is 28.7 Å². The van der Waals surface area contributed by atoms with E-state index in [9.17, 15) is 4.79 Å². The molecule has 1 aliphatic carbocycles. The van der Waals surface area contributed by atoms with Crippen molar-refractivity contribution in [3.63, 3.8) is 0 Å². The van der Waals surface area contributed by atoms with Gasteiger partial charge in [-0.1, -0.05) is 55.8 Å². The van der Waals surface area contributed by atoms with Gasteiger partial charge in [-0.25, -0.2) is 29.7 Å². The number of aromatic amines is 1. The molecule has 5 aromatic rings. The molecule has 1 fully saturated rings. The first-order chi connectivity index (χ1) is 22.9. The number of hydrogen-bond donors (Lipinski definition) is 3. The van der Waals surface area contributed by atoms with Crippen LogP contribution in [-0.4, -0.2) is 65.3 Å². The van der Waals surface area contributed by atoms with E-state index in [0.717, 1.165) is 42.5 Å². The second-order valence-corrected chi connectivity index (χ2v) is 12.0. The molecule has 0 aliphatic heterocycles. The van der Waals surface area contributed by atoms with E-state index >= 15 is 0 Å². The highest BCUT2D eigenvalue weighted by molar-refractivity contribution is 6.32. The lowest BCUT2D eigenvalue weighted by atomic mass is 9.90.